The first kappa shape index (κ1) is 27.3. The summed E-state index contributed by atoms with van der Waals surface area (Å²) in [6, 6.07) is 14.1. The van der Waals surface area contributed by atoms with Crippen LogP contribution in [0, 0.1) is 0 Å². The minimum atomic E-state index is -0.105. The molecule has 1 unspecified atom stereocenters. The molecule has 0 fully saturated rings. The van der Waals surface area contributed by atoms with E-state index in [1.54, 1.807) is 20.4 Å². The Labute approximate surface area is 216 Å². The summed E-state index contributed by atoms with van der Waals surface area (Å²) in [7, 11) is 3.32. The van der Waals surface area contributed by atoms with E-state index in [-0.39, 0.29) is 17.2 Å². The van der Waals surface area contributed by atoms with Gasteiger partial charge in [-0.2, -0.15) is 5.10 Å². The van der Waals surface area contributed by atoms with E-state index in [0.29, 0.717) is 13.0 Å². The number of carbonyl (C=O) groups is 1. The summed E-state index contributed by atoms with van der Waals surface area (Å²) in [5.41, 5.74) is 4.02. The molecule has 1 aromatic heterocycles. The SMILES string of the molecule is CCCCCC(CC(=O)Nc1cc(Cn2cccn2)ccc1C(C)(C)C)c1ccc(OC)cc1OC. The molecule has 1 N–H and O–H groups in total. The number of ether oxygens (including phenoxy) is 2. The van der Waals surface area contributed by atoms with Crippen LogP contribution < -0.4 is 14.8 Å². The molecular weight excluding hydrogens is 450 g/mol. The average molecular weight is 492 g/mol. The molecule has 3 aromatic rings. The van der Waals surface area contributed by atoms with Crippen molar-refractivity contribution < 1.29 is 14.3 Å². The molecule has 36 heavy (non-hydrogen) atoms. The lowest BCUT2D eigenvalue weighted by molar-refractivity contribution is -0.116. The highest BCUT2D eigenvalue weighted by Crippen LogP contribution is 2.36. The molecular formula is C30H41N3O3. The van der Waals surface area contributed by atoms with Gasteiger partial charge in [0.05, 0.1) is 20.8 Å². The Morgan fingerprint density at radius 2 is 1.89 bits per heavy atom. The maximum atomic E-state index is 13.5. The average Bonchev–Trinajstić information content (AvgIpc) is 3.35. The molecule has 1 atom stereocenters. The maximum absolute atomic E-state index is 13.5. The second-order valence-electron chi connectivity index (χ2n) is 10.4. The summed E-state index contributed by atoms with van der Waals surface area (Å²) in [5.74, 6) is 1.58. The molecule has 0 saturated heterocycles. The van der Waals surface area contributed by atoms with Crippen molar-refractivity contribution in [1.82, 2.24) is 9.78 Å². The van der Waals surface area contributed by atoms with Crippen molar-refractivity contribution >= 4 is 11.6 Å². The lowest BCUT2D eigenvalue weighted by Crippen LogP contribution is -2.21. The summed E-state index contributed by atoms with van der Waals surface area (Å²) in [6.45, 7) is 9.35. The van der Waals surface area contributed by atoms with E-state index in [0.717, 1.165) is 59.6 Å². The largest absolute Gasteiger partial charge is 0.497 e. The van der Waals surface area contributed by atoms with Gasteiger partial charge in [0.1, 0.15) is 11.5 Å². The summed E-state index contributed by atoms with van der Waals surface area (Å²) >= 11 is 0. The van der Waals surface area contributed by atoms with E-state index >= 15 is 0 Å². The third-order valence-electron chi connectivity index (χ3n) is 6.54. The number of hydrogen-bond donors (Lipinski definition) is 1. The van der Waals surface area contributed by atoms with Crippen LogP contribution in [0.1, 0.15) is 82.4 Å². The van der Waals surface area contributed by atoms with Gasteiger partial charge in [0.15, 0.2) is 0 Å². The summed E-state index contributed by atoms with van der Waals surface area (Å²) in [6.07, 6.45) is 8.37. The third kappa shape index (κ3) is 7.36. The topological polar surface area (TPSA) is 65.4 Å². The molecule has 6 nitrogen and oxygen atoms in total. The van der Waals surface area contributed by atoms with Crippen molar-refractivity contribution in [3.05, 3.63) is 71.5 Å². The Morgan fingerprint density at radius 3 is 2.53 bits per heavy atom. The van der Waals surface area contributed by atoms with E-state index in [2.05, 4.69) is 56.3 Å². The van der Waals surface area contributed by atoms with Gasteiger partial charge in [0.25, 0.3) is 0 Å². The van der Waals surface area contributed by atoms with E-state index in [1.165, 1.54) is 0 Å². The van der Waals surface area contributed by atoms with Crippen LogP contribution in [0.15, 0.2) is 54.9 Å². The fourth-order valence-electron chi connectivity index (χ4n) is 4.62. The maximum Gasteiger partial charge on any atom is 0.224 e. The number of anilines is 1. The lowest BCUT2D eigenvalue weighted by atomic mass is 9.85. The predicted molar refractivity (Wildman–Crippen MR) is 146 cm³/mol. The zero-order valence-corrected chi connectivity index (χ0v) is 22.6. The van der Waals surface area contributed by atoms with Crippen molar-refractivity contribution in [3.8, 4) is 11.5 Å². The highest BCUT2D eigenvalue weighted by atomic mass is 16.5. The van der Waals surface area contributed by atoms with Crippen LogP contribution in [0.2, 0.25) is 0 Å². The second-order valence-corrected chi connectivity index (χ2v) is 10.4. The molecule has 0 aliphatic heterocycles. The Kier molecular flexibility index (Phi) is 9.57. The normalized spacial score (nSPS) is 12.3. The van der Waals surface area contributed by atoms with Crippen LogP contribution in [0.4, 0.5) is 5.69 Å². The van der Waals surface area contributed by atoms with E-state index in [4.69, 9.17) is 9.47 Å². The van der Waals surface area contributed by atoms with Gasteiger partial charge in [0, 0.05) is 30.6 Å². The second kappa shape index (κ2) is 12.6. The van der Waals surface area contributed by atoms with Crippen molar-refractivity contribution in [1.29, 1.82) is 0 Å². The third-order valence-corrected chi connectivity index (χ3v) is 6.54. The highest BCUT2D eigenvalue weighted by Gasteiger charge is 2.23. The first-order valence-corrected chi connectivity index (χ1v) is 12.9. The number of benzene rings is 2. The standard InChI is InChI=1S/C30H41N3O3/c1-7-8-9-11-23(25-14-13-24(35-5)20-28(25)36-6)19-29(34)32-27-18-22(21-33-17-10-16-31-33)12-15-26(27)30(2,3)4/h10,12-18,20,23H,7-9,11,19,21H2,1-6H3,(H,32,34). The molecule has 194 valence electrons. The highest BCUT2D eigenvalue weighted by molar-refractivity contribution is 5.92. The van der Waals surface area contributed by atoms with Crippen molar-refractivity contribution in [2.24, 2.45) is 0 Å². The number of amides is 1. The molecule has 0 bridgehead atoms. The summed E-state index contributed by atoms with van der Waals surface area (Å²) < 4.78 is 12.9. The van der Waals surface area contributed by atoms with Gasteiger partial charge in [-0.25, -0.2) is 0 Å². The van der Waals surface area contributed by atoms with Gasteiger partial charge < -0.3 is 14.8 Å². The van der Waals surface area contributed by atoms with Gasteiger partial charge in [-0.05, 0) is 52.6 Å². The number of aromatic nitrogens is 2. The number of methoxy groups -OCH3 is 2. The fraction of sp³-hybridized carbons (Fsp3) is 0.467. The molecule has 0 saturated carbocycles. The number of hydrogen-bond acceptors (Lipinski definition) is 4. The summed E-state index contributed by atoms with van der Waals surface area (Å²) in [5, 5.41) is 7.57. The molecule has 1 heterocycles. The first-order chi connectivity index (χ1) is 17.2. The molecule has 6 heteroatoms. The van der Waals surface area contributed by atoms with Crippen LogP contribution in [-0.4, -0.2) is 29.9 Å². The van der Waals surface area contributed by atoms with Crippen molar-refractivity contribution in [3.63, 3.8) is 0 Å². The number of carbonyl (C=O) groups excluding carboxylic acids is 1. The molecule has 0 spiro atoms. The predicted octanol–water partition coefficient (Wildman–Crippen LogP) is 6.94. The van der Waals surface area contributed by atoms with Gasteiger partial charge in [-0.15, -0.1) is 0 Å². The Balaban J connectivity index is 1.85. The number of rotatable bonds is 12. The zero-order chi connectivity index (χ0) is 26.1. The Hall–Kier alpha value is -3.28. The summed E-state index contributed by atoms with van der Waals surface area (Å²) in [4.78, 5) is 13.5. The Bertz CT molecular complexity index is 1120. The van der Waals surface area contributed by atoms with Gasteiger partial charge in [-0.3, -0.25) is 9.48 Å². The molecule has 2 aromatic carbocycles. The molecule has 0 radical (unpaired) electrons. The van der Waals surface area contributed by atoms with Crippen LogP contribution in [0.3, 0.4) is 0 Å². The Morgan fingerprint density at radius 1 is 1.08 bits per heavy atom. The van der Waals surface area contributed by atoms with Crippen LogP contribution in [-0.2, 0) is 16.8 Å². The quantitative estimate of drug-likeness (QED) is 0.279. The smallest absolute Gasteiger partial charge is 0.224 e. The number of nitrogens with zero attached hydrogens (tertiary/aromatic N) is 2. The van der Waals surface area contributed by atoms with Gasteiger partial charge in [0.2, 0.25) is 5.91 Å². The van der Waals surface area contributed by atoms with Gasteiger partial charge in [-0.1, -0.05) is 65.2 Å². The van der Waals surface area contributed by atoms with Gasteiger partial charge >= 0.3 is 0 Å². The zero-order valence-electron chi connectivity index (χ0n) is 22.6. The van der Waals surface area contributed by atoms with E-state index in [1.807, 2.05) is 35.1 Å². The molecule has 0 aliphatic carbocycles. The monoisotopic (exact) mass is 491 g/mol. The van der Waals surface area contributed by atoms with Crippen LogP contribution in [0.25, 0.3) is 0 Å². The minimum absolute atomic E-state index is 0.0103. The number of nitrogens with one attached hydrogen (secondary N) is 1. The van der Waals surface area contributed by atoms with Crippen LogP contribution >= 0.6 is 0 Å². The minimum Gasteiger partial charge on any atom is -0.497 e. The fourth-order valence-corrected chi connectivity index (χ4v) is 4.62. The van der Waals surface area contributed by atoms with Crippen LogP contribution in [0.5, 0.6) is 11.5 Å². The first-order valence-electron chi connectivity index (χ1n) is 12.9. The number of unbranched alkanes of at least 4 members (excludes halogenated alkanes) is 2. The molecule has 3 rings (SSSR count). The van der Waals surface area contributed by atoms with E-state index < -0.39 is 0 Å². The van der Waals surface area contributed by atoms with Crippen molar-refractivity contribution in [2.45, 2.75) is 77.7 Å². The lowest BCUT2D eigenvalue weighted by Gasteiger charge is -2.25. The van der Waals surface area contributed by atoms with E-state index in [9.17, 15) is 4.79 Å². The molecule has 0 aliphatic rings. The molecule has 1 amide bonds. The van der Waals surface area contributed by atoms with Crippen molar-refractivity contribution in [2.75, 3.05) is 19.5 Å².